The van der Waals surface area contributed by atoms with Crippen molar-refractivity contribution in [1.82, 2.24) is 34.1 Å². The van der Waals surface area contributed by atoms with Gasteiger partial charge in [-0.1, -0.05) is 5.16 Å². The van der Waals surface area contributed by atoms with E-state index < -0.39 is 46.5 Å². The van der Waals surface area contributed by atoms with Crippen molar-refractivity contribution < 1.29 is 34.2 Å². The molecule has 0 aliphatic carbocycles. The maximum atomic E-state index is 13.2. The van der Waals surface area contributed by atoms with Gasteiger partial charge in [0.05, 0.1) is 12.0 Å². The number of imidazole rings is 1. The van der Waals surface area contributed by atoms with E-state index in [0.29, 0.717) is 11.3 Å². The number of carbonyl (C=O) groups excluding carboxylic acids is 2. The van der Waals surface area contributed by atoms with Crippen LogP contribution in [0.25, 0.3) is 11.3 Å². The molecule has 2 aliphatic rings. The molecule has 5 heterocycles. The molecule has 1 radical (unpaired) electrons. The van der Waals surface area contributed by atoms with Crippen LogP contribution >= 0.6 is 23.3 Å². The van der Waals surface area contributed by atoms with Gasteiger partial charge < -0.3 is 30.7 Å². The summed E-state index contributed by atoms with van der Waals surface area (Å²) in [4.78, 5) is 68.6. The fraction of sp³-hybridized carbons (Fsp3) is 0.292. The summed E-state index contributed by atoms with van der Waals surface area (Å²) < 4.78 is 5.65. The van der Waals surface area contributed by atoms with Crippen molar-refractivity contribution in [2.24, 2.45) is 5.16 Å². The summed E-state index contributed by atoms with van der Waals surface area (Å²) in [6, 6.07) is 2.53. The van der Waals surface area contributed by atoms with E-state index in [4.69, 9.17) is 10.6 Å². The van der Waals surface area contributed by atoms with Gasteiger partial charge in [-0.25, -0.2) is 14.6 Å². The predicted octanol–water partition coefficient (Wildman–Crippen LogP) is 0.0207. The van der Waals surface area contributed by atoms with E-state index in [1.165, 1.54) is 25.6 Å². The smallest absolute Gasteiger partial charge is 0.352 e. The second-order valence-electron chi connectivity index (χ2n) is 9.59. The standard InChI is InChI=1S/C24H23N9O7S2.Na/c1-24(2,22(38)39)40-30-14(17-29-23(25)42-31-17)18(34)28-15-19(35)33-16(21(36)37)12(9-41-20(15)33)7-32-8-13(27-10-32)11-4-3-5-26-6-11;/h3-6,8,10,15,20H,7,9H2,1-2H3,(H,28,34)(H,36,37)(H,38,39)(H2,25,29,31);/b30-14-;/t15-,20?;/m1./s1. The first-order chi connectivity index (χ1) is 20.0. The molecule has 0 spiro atoms. The molecule has 5 rings (SSSR count). The molecular weight excluding hydrogens is 613 g/mol. The van der Waals surface area contributed by atoms with Crippen molar-refractivity contribution >= 4 is 87.4 Å². The summed E-state index contributed by atoms with van der Waals surface area (Å²) in [5.74, 6) is -4.16. The maximum Gasteiger partial charge on any atom is 0.352 e. The van der Waals surface area contributed by atoms with Gasteiger partial charge in [0.2, 0.25) is 17.1 Å². The van der Waals surface area contributed by atoms with Gasteiger partial charge >= 0.3 is 11.9 Å². The average molecular weight is 637 g/mol. The molecule has 1 fully saturated rings. The van der Waals surface area contributed by atoms with Crippen LogP contribution in [0, 0.1) is 0 Å². The molecule has 19 heteroatoms. The Balaban J connectivity index is 0.00000423. The molecular formula is C24H23N9NaO7S2. The summed E-state index contributed by atoms with van der Waals surface area (Å²) in [5.41, 5.74) is 5.13. The molecule has 3 aromatic rings. The van der Waals surface area contributed by atoms with Gasteiger partial charge in [-0.05, 0) is 31.6 Å². The first-order valence-electron chi connectivity index (χ1n) is 12.2. The molecule has 3 aromatic heterocycles. The number of nitrogen functional groups attached to an aromatic ring is 1. The minimum Gasteiger partial charge on any atom is -0.478 e. The number of rotatable bonds is 10. The minimum atomic E-state index is -1.79. The molecule has 219 valence electrons. The maximum absolute atomic E-state index is 13.2. The number of hydrogen-bond donors (Lipinski definition) is 4. The third-order valence-corrected chi connectivity index (χ3v) is 8.13. The van der Waals surface area contributed by atoms with E-state index in [0.717, 1.165) is 22.0 Å². The van der Waals surface area contributed by atoms with Crippen molar-refractivity contribution in [3.63, 3.8) is 0 Å². The normalized spacial score (nSPS) is 18.3. The van der Waals surface area contributed by atoms with Gasteiger partial charge in [0.1, 0.15) is 17.1 Å². The second-order valence-corrected chi connectivity index (χ2v) is 11.5. The number of carboxylic acids is 2. The number of aromatic nitrogens is 5. The fourth-order valence-electron chi connectivity index (χ4n) is 4.06. The predicted molar refractivity (Wildman–Crippen MR) is 155 cm³/mol. The molecule has 5 N–H and O–H groups in total. The van der Waals surface area contributed by atoms with Crippen molar-refractivity contribution in [3.05, 3.63) is 54.1 Å². The average Bonchev–Trinajstić information content (AvgIpc) is 3.60. The second kappa shape index (κ2) is 12.8. The molecule has 16 nitrogen and oxygen atoms in total. The summed E-state index contributed by atoms with van der Waals surface area (Å²) in [6.07, 6.45) is 6.64. The molecule has 0 saturated carbocycles. The van der Waals surface area contributed by atoms with Crippen molar-refractivity contribution in [3.8, 4) is 11.3 Å². The Morgan fingerprint density at radius 3 is 2.70 bits per heavy atom. The van der Waals surface area contributed by atoms with Gasteiger partial charge in [-0.15, -0.1) is 11.8 Å². The number of amides is 2. The van der Waals surface area contributed by atoms with Crippen LogP contribution in [0.5, 0.6) is 0 Å². The molecule has 2 amide bonds. The van der Waals surface area contributed by atoms with E-state index in [1.54, 1.807) is 35.6 Å². The number of aliphatic carboxylic acids is 2. The SMILES string of the molecule is CC(C)(O/N=C(\C(=O)N[C@@H]1C(=O)N2C(C(=O)O)=C(Cn3cnc(-c4cccnc4)c3)CSC12)c1nsc(N)n1)C(=O)O.[Na]. The Morgan fingerprint density at radius 1 is 1.30 bits per heavy atom. The third-order valence-electron chi connectivity index (χ3n) is 6.25. The summed E-state index contributed by atoms with van der Waals surface area (Å²) in [5, 5.41) is 24.8. The largest absolute Gasteiger partial charge is 0.478 e. The molecule has 2 atom stereocenters. The van der Waals surface area contributed by atoms with E-state index >= 15 is 0 Å². The number of carboxylic acid groups (broad SMARTS) is 2. The zero-order chi connectivity index (χ0) is 30.2. The third kappa shape index (κ3) is 6.57. The number of hydrogen-bond acceptors (Lipinski definition) is 13. The van der Waals surface area contributed by atoms with Crippen molar-refractivity contribution in [1.29, 1.82) is 0 Å². The molecule has 1 unspecified atom stereocenters. The topological polar surface area (TPSA) is 228 Å². The Morgan fingerprint density at radius 2 is 2.07 bits per heavy atom. The van der Waals surface area contributed by atoms with Gasteiger partial charge in [0, 0.05) is 77.5 Å². The monoisotopic (exact) mass is 636 g/mol. The van der Waals surface area contributed by atoms with E-state index in [1.807, 2.05) is 6.07 Å². The molecule has 2 aliphatic heterocycles. The summed E-state index contributed by atoms with van der Waals surface area (Å²) >= 11 is 2.05. The number of fused-ring (bicyclic) bond motifs is 1. The minimum absolute atomic E-state index is 0. The van der Waals surface area contributed by atoms with Crippen LogP contribution in [0.3, 0.4) is 0 Å². The number of oxime groups is 1. The number of nitrogens with one attached hydrogen (secondary N) is 1. The first-order valence-corrected chi connectivity index (χ1v) is 14.0. The quantitative estimate of drug-likeness (QED) is 0.0997. The Kier molecular flexibility index (Phi) is 9.55. The van der Waals surface area contributed by atoms with Crippen molar-refractivity contribution in [2.45, 2.75) is 37.4 Å². The Bertz CT molecular complexity index is 1640. The van der Waals surface area contributed by atoms with Crippen LogP contribution < -0.4 is 11.1 Å². The van der Waals surface area contributed by atoms with E-state index in [9.17, 15) is 29.4 Å². The first kappa shape index (κ1) is 32.1. The molecule has 1 saturated heterocycles. The van der Waals surface area contributed by atoms with Crippen LogP contribution in [0.15, 0.2) is 53.5 Å². The molecule has 0 aromatic carbocycles. The van der Waals surface area contributed by atoms with Crippen LogP contribution in [0.1, 0.15) is 19.7 Å². The zero-order valence-corrected chi connectivity index (χ0v) is 26.6. The fourth-order valence-corrected chi connectivity index (χ4v) is 5.83. The van der Waals surface area contributed by atoms with E-state index in [-0.39, 0.29) is 58.5 Å². The zero-order valence-electron chi connectivity index (χ0n) is 23.0. The Hall–Kier alpha value is -3.84. The van der Waals surface area contributed by atoms with E-state index in [2.05, 4.69) is 29.8 Å². The molecule has 43 heavy (non-hydrogen) atoms. The number of β-lactam (4-membered cyclic amide) rings is 1. The Labute approximate surface area is 273 Å². The number of carbonyl (C=O) groups is 4. The van der Waals surface area contributed by atoms with Gasteiger partial charge in [0.25, 0.3) is 11.8 Å². The van der Waals surface area contributed by atoms with Gasteiger partial charge in [-0.3, -0.25) is 19.5 Å². The number of pyridine rings is 1. The molecule has 0 bridgehead atoms. The van der Waals surface area contributed by atoms with Gasteiger partial charge in [0.15, 0.2) is 5.13 Å². The van der Waals surface area contributed by atoms with Crippen LogP contribution in [0.2, 0.25) is 0 Å². The number of nitrogens with two attached hydrogens (primary N) is 1. The summed E-state index contributed by atoms with van der Waals surface area (Å²) in [6.45, 7) is 2.63. The summed E-state index contributed by atoms with van der Waals surface area (Å²) in [7, 11) is 0. The van der Waals surface area contributed by atoms with Crippen LogP contribution in [-0.4, -0.2) is 121 Å². The van der Waals surface area contributed by atoms with Gasteiger partial charge in [-0.2, -0.15) is 9.36 Å². The van der Waals surface area contributed by atoms with Crippen LogP contribution in [0.4, 0.5) is 5.13 Å². The number of nitrogens with zero attached hydrogens (tertiary/aromatic N) is 7. The number of anilines is 1. The van der Waals surface area contributed by atoms with Crippen LogP contribution in [-0.2, 0) is 30.6 Å². The van der Waals surface area contributed by atoms with Crippen molar-refractivity contribution in [2.75, 3.05) is 11.5 Å². The number of thioether (sulfide) groups is 1.